The summed E-state index contributed by atoms with van der Waals surface area (Å²) in [6.07, 6.45) is 1.44. The molecule has 0 bridgehead atoms. The van der Waals surface area contributed by atoms with Gasteiger partial charge in [0.1, 0.15) is 0 Å². The monoisotopic (exact) mass is 394 g/mol. The van der Waals surface area contributed by atoms with Crippen molar-refractivity contribution in [2.24, 2.45) is 11.3 Å². The Balaban J connectivity index is 1.92. The highest BCUT2D eigenvalue weighted by atomic mass is 35.5. The van der Waals surface area contributed by atoms with Gasteiger partial charge in [-0.2, -0.15) is 0 Å². The minimum absolute atomic E-state index is 0.00442. The van der Waals surface area contributed by atoms with Crippen molar-refractivity contribution in [3.8, 4) is 0 Å². The van der Waals surface area contributed by atoms with Gasteiger partial charge in [-0.3, -0.25) is 14.4 Å². The largest absolute Gasteiger partial charge is 0.481 e. The molecule has 0 aromatic heterocycles. The van der Waals surface area contributed by atoms with E-state index in [0.29, 0.717) is 37.4 Å². The molecule has 1 saturated heterocycles. The lowest BCUT2D eigenvalue weighted by atomic mass is 9.84. The number of amides is 2. The first-order valence-electron chi connectivity index (χ1n) is 9.11. The molecule has 0 atom stereocenters. The topological polar surface area (TPSA) is 77.9 Å². The van der Waals surface area contributed by atoms with Gasteiger partial charge in [-0.05, 0) is 37.0 Å². The van der Waals surface area contributed by atoms with Gasteiger partial charge in [0.25, 0.3) is 0 Å². The Bertz CT molecular complexity index is 712. The van der Waals surface area contributed by atoms with Gasteiger partial charge < -0.3 is 14.9 Å². The van der Waals surface area contributed by atoms with Crippen LogP contribution >= 0.6 is 11.6 Å². The number of carbonyl (C=O) groups excluding carboxylic acids is 2. The molecule has 7 heteroatoms. The molecule has 0 spiro atoms. The van der Waals surface area contributed by atoms with Crippen molar-refractivity contribution in [3.63, 3.8) is 0 Å². The predicted octanol–water partition coefficient (Wildman–Crippen LogP) is 2.69. The average molecular weight is 395 g/mol. The standard InChI is InChI=1S/C20H27ClN2O4/c1-20(2,12-14-5-4-6-16(21)11-14)19(27)22(3)13-17(24)23-9-7-15(8-10-23)18(25)26/h4-6,11,15H,7-10,12-13H2,1-3H3,(H,25,26). The van der Waals surface area contributed by atoms with Gasteiger partial charge in [-0.25, -0.2) is 0 Å². The first kappa shape index (κ1) is 21.2. The van der Waals surface area contributed by atoms with E-state index in [1.807, 2.05) is 32.0 Å². The van der Waals surface area contributed by atoms with E-state index in [0.717, 1.165) is 5.56 Å². The number of rotatable bonds is 6. The molecule has 0 saturated carbocycles. The van der Waals surface area contributed by atoms with Gasteiger partial charge in [0.15, 0.2) is 0 Å². The summed E-state index contributed by atoms with van der Waals surface area (Å²) in [5.41, 5.74) is 0.298. The molecule has 1 aromatic rings. The molecule has 2 amide bonds. The SMILES string of the molecule is CN(CC(=O)N1CCC(C(=O)O)CC1)C(=O)C(C)(C)Cc1cccc(Cl)c1. The van der Waals surface area contributed by atoms with Crippen molar-refractivity contribution in [2.75, 3.05) is 26.7 Å². The number of carboxylic acids is 1. The third-order valence-electron chi connectivity index (χ3n) is 5.03. The van der Waals surface area contributed by atoms with Crippen LogP contribution in [0.3, 0.4) is 0 Å². The number of piperidine rings is 1. The third-order valence-corrected chi connectivity index (χ3v) is 5.27. The molecule has 1 heterocycles. The Morgan fingerprint density at radius 3 is 2.44 bits per heavy atom. The smallest absolute Gasteiger partial charge is 0.306 e. The second-order valence-electron chi connectivity index (χ2n) is 7.85. The Morgan fingerprint density at radius 1 is 1.26 bits per heavy atom. The highest BCUT2D eigenvalue weighted by molar-refractivity contribution is 6.30. The summed E-state index contributed by atoms with van der Waals surface area (Å²) in [6.45, 7) is 4.55. The molecule has 1 fully saturated rings. The van der Waals surface area contributed by atoms with Gasteiger partial charge in [0.05, 0.1) is 12.5 Å². The molecule has 1 N–H and O–H groups in total. The molecule has 27 heavy (non-hydrogen) atoms. The van der Waals surface area contributed by atoms with Crippen molar-refractivity contribution in [1.82, 2.24) is 9.80 Å². The van der Waals surface area contributed by atoms with Crippen molar-refractivity contribution in [3.05, 3.63) is 34.9 Å². The number of likely N-dealkylation sites (tertiary alicyclic amines) is 1. The quantitative estimate of drug-likeness (QED) is 0.804. The number of nitrogens with zero attached hydrogens (tertiary/aromatic N) is 2. The van der Waals surface area contributed by atoms with Crippen molar-refractivity contribution in [2.45, 2.75) is 33.1 Å². The number of carboxylic acid groups (broad SMARTS) is 1. The molecule has 0 aliphatic carbocycles. The zero-order chi connectivity index (χ0) is 20.2. The first-order chi connectivity index (χ1) is 12.6. The van der Waals surface area contributed by atoms with Gasteiger partial charge in [-0.1, -0.05) is 37.6 Å². The second-order valence-corrected chi connectivity index (χ2v) is 8.28. The molecule has 1 aromatic carbocycles. The summed E-state index contributed by atoms with van der Waals surface area (Å²) in [6, 6.07) is 7.41. The van der Waals surface area contributed by atoms with Crippen LogP contribution in [0.2, 0.25) is 5.02 Å². The molecule has 0 radical (unpaired) electrons. The number of hydrogen-bond acceptors (Lipinski definition) is 3. The summed E-state index contributed by atoms with van der Waals surface area (Å²) in [4.78, 5) is 39.5. The minimum atomic E-state index is -0.808. The lowest BCUT2D eigenvalue weighted by Gasteiger charge is -2.33. The Hall–Kier alpha value is -2.08. The van der Waals surface area contributed by atoms with Crippen molar-refractivity contribution >= 4 is 29.4 Å². The van der Waals surface area contributed by atoms with Gasteiger partial charge >= 0.3 is 5.97 Å². The zero-order valence-corrected chi connectivity index (χ0v) is 16.8. The molecule has 2 rings (SSSR count). The van der Waals surface area contributed by atoms with Crippen LogP contribution in [0.4, 0.5) is 0 Å². The number of carbonyl (C=O) groups is 3. The second kappa shape index (κ2) is 8.74. The molecule has 148 valence electrons. The maximum absolute atomic E-state index is 12.9. The van der Waals surface area contributed by atoms with Gasteiger partial charge in [0.2, 0.25) is 11.8 Å². The molecular weight excluding hydrogens is 368 g/mol. The first-order valence-corrected chi connectivity index (χ1v) is 9.48. The molecule has 1 aliphatic rings. The van der Waals surface area contributed by atoms with E-state index in [2.05, 4.69) is 0 Å². The Kier molecular flexibility index (Phi) is 6.87. The molecular formula is C20H27ClN2O4. The summed E-state index contributed by atoms with van der Waals surface area (Å²) >= 11 is 6.02. The van der Waals surface area contributed by atoms with Crippen LogP contribution in [0.15, 0.2) is 24.3 Å². The van der Waals surface area contributed by atoms with Crippen LogP contribution in [-0.4, -0.2) is 59.4 Å². The fourth-order valence-corrected chi connectivity index (χ4v) is 3.71. The van der Waals surface area contributed by atoms with Crippen LogP contribution in [0, 0.1) is 11.3 Å². The maximum atomic E-state index is 12.9. The summed E-state index contributed by atoms with van der Waals surface area (Å²) in [5.74, 6) is -1.45. The summed E-state index contributed by atoms with van der Waals surface area (Å²) in [7, 11) is 1.63. The number of hydrogen-bond donors (Lipinski definition) is 1. The van der Waals surface area contributed by atoms with Crippen molar-refractivity contribution < 1.29 is 19.5 Å². The number of likely N-dealkylation sites (N-methyl/N-ethyl adjacent to an activating group) is 1. The van der Waals surface area contributed by atoms with E-state index in [4.69, 9.17) is 16.7 Å². The molecule has 1 aliphatic heterocycles. The fourth-order valence-electron chi connectivity index (χ4n) is 3.50. The lowest BCUT2D eigenvalue weighted by molar-refractivity contribution is -0.147. The number of aliphatic carboxylic acids is 1. The fraction of sp³-hybridized carbons (Fsp3) is 0.550. The molecule has 6 nitrogen and oxygen atoms in total. The highest BCUT2D eigenvalue weighted by Crippen LogP contribution is 2.26. The lowest BCUT2D eigenvalue weighted by Crippen LogP contribution is -2.48. The average Bonchev–Trinajstić information content (AvgIpc) is 2.60. The zero-order valence-electron chi connectivity index (χ0n) is 16.1. The minimum Gasteiger partial charge on any atom is -0.481 e. The molecule has 0 unspecified atom stereocenters. The van der Waals surface area contributed by atoms with Gasteiger partial charge in [-0.15, -0.1) is 0 Å². The van der Waals surface area contributed by atoms with E-state index in [1.54, 1.807) is 18.0 Å². The van der Waals surface area contributed by atoms with E-state index in [1.165, 1.54) is 4.90 Å². The number of benzene rings is 1. The highest BCUT2D eigenvalue weighted by Gasteiger charge is 2.33. The van der Waals surface area contributed by atoms with Crippen molar-refractivity contribution in [1.29, 1.82) is 0 Å². The van der Waals surface area contributed by atoms with E-state index >= 15 is 0 Å². The van der Waals surface area contributed by atoms with E-state index in [-0.39, 0.29) is 24.3 Å². The summed E-state index contributed by atoms with van der Waals surface area (Å²) < 4.78 is 0. The Labute approximate surface area is 165 Å². The van der Waals surface area contributed by atoms with E-state index < -0.39 is 11.4 Å². The van der Waals surface area contributed by atoms with E-state index in [9.17, 15) is 14.4 Å². The summed E-state index contributed by atoms with van der Waals surface area (Å²) in [5, 5.41) is 9.67. The Morgan fingerprint density at radius 2 is 1.89 bits per heavy atom. The third kappa shape index (κ3) is 5.70. The van der Waals surface area contributed by atoms with Crippen LogP contribution in [0.5, 0.6) is 0 Å². The predicted molar refractivity (Wildman–Crippen MR) is 104 cm³/mol. The van der Waals surface area contributed by atoms with Crippen LogP contribution < -0.4 is 0 Å². The normalized spacial score (nSPS) is 15.5. The van der Waals surface area contributed by atoms with Crippen LogP contribution in [-0.2, 0) is 20.8 Å². The maximum Gasteiger partial charge on any atom is 0.306 e. The number of halogens is 1. The van der Waals surface area contributed by atoms with Crippen LogP contribution in [0.25, 0.3) is 0 Å². The van der Waals surface area contributed by atoms with Gasteiger partial charge in [0, 0.05) is 30.6 Å². The van der Waals surface area contributed by atoms with Crippen LogP contribution in [0.1, 0.15) is 32.3 Å².